The third-order valence-electron chi connectivity index (χ3n) is 3.13. The second kappa shape index (κ2) is 6.58. The quantitative estimate of drug-likeness (QED) is 0.936. The van der Waals surface area contributed by atoms with Crippen molar-refractivity contribution in [2.24, 2.45) is 0 Å². The van der Waals surface area contributed by atoms with E-state index >= 15 is 0 Å². The fraction of sp³-hybridized carbons (Fsp3) is 0.176. The second-order valence-corrected chi connectivity index (χ2v) is 4.91. The molecule has 0 aliphatic heterocycles. The number of carbonyl (C=O) groups excluding carboxylic acids is 1. The Balaban J connectivity index is 2.13. The summed E-state index contributed by atoms with van der Waals surface area (Å²) in [5, 5.41) is 12.1. The maximum absolute atomic E-state index is 12.1. The largest absolute Gasteiger partial charge is 0.380 e. The van der Waals surface area contributed by atoms with E-state index in [-0.39, 0.29) is 5.91 Å². The van der Waals surface area contributed by atoms with Crippen molar-refractivity contribution >= 4 is 11.6 Å². The molecule has 0 bridgehead atoms. The van der Waals surface area contributed by atoms with Gasteiger partial charge in [0, 0.05) is 26.3 Å². The van der Waals surface area contributed by atoms with Crippen LogP contribution >= 0.6 is 0 Å². The summed E-state index contributed by atoms with van der Waals surface area (Å²) >= 11 is 0. The highest BCUT2D eigenvalue weighted by atomic mass is 16.2. The van der Waals surface area contributed by atoms with Crippen molar-refractivity contribution in [1.82, 2.24) is 4.90 Å². The Hall–Kier alpha value is -2.80. The third-order valence-corrected chi connectivity index (χ3v) is 3.13. The van der Waals surface area contributed by atoms with Crippen molar-refractivity contribution in [3.63, 3.8) is 0 Å². The Morgan fingerprint density at radius 2 is 1.81 bits per heavy atom. The highest BCUT2D eigenvalue weighted by Crippen LogP contribution is 2.17. The number of nitrogens with zero attached hydrogens (tertiary/aromatic N) is 2. The highest BCUT2D eigenvalue weighted by molar-refractivity contribution is 5.99. The van der Waals surface area contributed by atoms with E-state index in [2.05, 4.69) is 11.4 Å². The molecule has 0 radical (unpaired) electrons. The van der Waals surface area contributed by atoms with E-state index in [1.807, 2.05) is 36.4 Å². The smallest absolute Gasteiger partial charge is 0.255 e. The van der Waals surface area contributed by atoms with Crippen LogP contribution in [0.3, 0.4) is 0 Å². The first-order valence-electron chi connectivity index (χ1n) is 6.65. The van der Waals surface area contributed by atoms with Crippen LogP contribution in [-0.4, -0.2) is 24.9 Å². The van der Waals surface area contributed by atoms with Crippen molar-refractivity contribution in [3.8, 4) is 6.07 Å². The molecule has 0 saturated heterocycles. The van der Waals surface area contributed by atoms with Crippen LogP contribution in [0.1, 0.15) is 21.5 Å². The Morgan fingerprint density at radius 3 is 2.43 bits per heavy atom. The molecule has 2 aromatic carbocycles. The summed E-state index contributed by atoms with van der Waals surface area (Å²) in [4.78, 5) is 13.7. The van der Waals surface area contributed by atoms with Gasteiger partial charge in [0.15, 0.2) is 0 Å². The van der Waals surface area contributed by atoms with Gasteiger partial charge in [0.1, 0.15) is 0 Å². The van der Waals surface area contributed by atoms with Crippen molar-refractivity contribution in [1.29, 1.82) is 5.26 Å². The van der Waals surface area contributed by atoms with Crippen LogP contribution < -0.4 is 5.32 Å². The molecule has 21 heavy (non-hydrogen) atoms. The SMILES string of the molecule is CN(C)C(=O)c1ccccc1NCc1ccc(C#N)cc1. The molecule has 0 heterocycles. The van der Waals surface area contributed by atoms with E-state index in [4.69, 9.17) is 5.26 Å². The van der Waals surface area contributed by atoms with Crippen LogP contribution in [0.2, 0.25) is 0 Å². The molecular formula is C17H17N3O. The fourth-order valence-corrected chi connectivity index (χ4v) is 1.96. The number of hydrogen-bond acceptors (Lipinski definition) is 3. The molecule has 0 fully saturated rings. The highest BCUT2D eigenvalue weighted by Gasteiger charge is 2.12. The topological polar surface area (TPSA) is 56.1 Å². The molecule has 0 aliphatic rings. The van der Waals surface area contributed by atoms with E-state index < -0.39 is 0 Å². The van der Waals surface area contributed by atoms with E-state index in [0.29, 0.717) is 17.7 Å². The van der Waals surface area contributed by atoms with Gasteiger partial charge in [-0.15, -0.1) is 0 Å². The summed E-state index contributed by atoms with van der Waals surface area (Å²) in [7, 11) is 3.47. The number of hydrogen-bond donors (Lipinski definition) is 1. The molecule has 0 aliphatic carbocycles. The predicted octanol–water partition coefficient (Wildman–Crippen LogP) is 2.87. The zero-order chi connectivity index (χ0) is 15.2. The summed E-state index contributed by atoms with van der Waals surface area (Å²) in [6, 6.07) is 16.9. The van der Waals surface area contributed by atoms with E-state index in [9.17, 15) is 4.79 Å². The molecule has 1 N–H and O–H groups in total. The first-order valence-corrected chi connectivity index (χ1v) is 6.65. The van der Waals surface area contributed by atoms with Gasteiger partial charge in [0.25, 0.3) is 5.91 Å². The predicted molar refractivity (Wildman–Crippen MR) is 82.9 cm³/mol. The molecule has 0 unspecified atom stereocenters. The maximum atomic E-state index is 12.1. The molecule has 0 aromatic heterocycles. The van der Waals surface area contributed by atoms with Crippen LogP contribution in [0.25, 0.3) is 0 Å². The lowest BCUT2D eigenvalue weighted by Gasteiger charge is -2.15. The molecule has 0 atom stereocenters. The summed E-state index contributed by atoms with van der Waals surface area (Å²) in [5.41, 5.74) is 3.15. The molecule has 1 amide bonds. The minimum Gasteiger partial charge on any atom is -0.380 e. The first-order chi connectivity index (χ1) is 10.1. The van der Waals surface area contributed by atoms with Crippen molar-refractivity contribution in [3.05, 3.63) is 65.2 Å². The number of carbonyl (C=O) groups is 1. The van der Waals surface area contributed by atoms with Crippen molar-refractivity contribution in [2.45, 2.75) is 6.54 Å². The van der Waals surface area contributed by atoms with E-state index in [1.54, 1.807) is 31.1 Å². The molecule has 0 saturated carbocycles. The number of nitrogens with one attached hydrogen (secondary N) is 1. The molecule has 4 heteroatoms. The lowest BCUT2D eigenvalue weighted by Crippen LogP contribution is -2.22. The first kappa shape index (κ1) is 14.6. The normalized spacial score (nSPS) is 9.76. The fourth-order valence-electron chi connectivity index (χ4n) is 1.96. The molecule has 4 nitrogen and oxygen atoms in total. The van der Waals surface area contributed by atoms with Gasteiger partial charge in [0.05, 0.1) is 17.2 Å². The Labute approximate surface area is 124 Å². The zero-order valence-electron chi connectivity index (χ0n) is 12.1. The van der Waals surface area contributed by atoms with Crippen LogP contribution in [0, 0.1) is 11.3 Å². The number of rotatable bonds is 4. The summed E-state index contributed by atoms with van der Waals surface area (Å²) < 4.78 is 0. The zero-order valence-corrected chi connectivity index (χ0v) is 12.1. The van der Waals surface area contributed by atoms with Crippen LogP contribution in [0.4, 0.5) is 5.69 Å². The van der Waals surface area contributed by atoms with Crippen LogP contribution in [0.15, 0.2) is 48.5 Å². The number of anilines is 1. The number of benzene rings is 2. The van der Waals surface area contributed by atoms with E-state index in [1.165, 1.54) is 0 Å². The summed E-state index contributed by atoms with van der Waals surface area (Å²) in [5.74, 6) is -0.0297. The minimum atomic E-state index is -0.0297. The standard InChI is InChI=1S/C17H17N3O/c1-20(2)17(21)15-5-3-4-6-16(15)19-12-14-9-7-13(11-18)8-10-14/h3-10,19H,12H2,1-2H3. The monoisotopic (exact) mass is 279 g/mol. The van der Waals surface area contributed by atoms with Gasteiger partial charge in [-0.05, 0) is 29.8 Å². The Bertz CT molecular complexity index is 669. The summed E-state index contributed by atoms with van der Waals surface area (Å²) in [6.07, 6.45) is 0. The number of amides is 1. The maximum Gasteiger partial charge on any atom is 0.255 e. The van der Waals surface area contributed by atoms with Gasteiger partial charge in [0.2, 0.25) is 0 Å². The number of para-hydroxylation sites is 1. The van der Waals surface area contributed by atoms with Gasteiger partial charge < -0.3 is 10.2 Å². The minimum absolute atomic E-state index is 0.0297. The van der Waals surface area contributed by atoms with E-state index in [0.717, 1.165) is 11.3 Å². The molecule has 2 rings (SSSR count). The summed E-state index contributed by atoms with van der Waals surface area (Å²) in [6.45, 7) is 0.601. The lowest BCUT2D eigenvalue weighted by atomic mass is 10.1. The molecule has 0 spiro atoms. The average molecular weight is 279 g/mol. The molecule has 106 valence electrons. The lowest BCUT2D eigenvalue weighted by molar-refractivity contribution is 0.0828. The van der Waals surface area contributed by atoms with Crippen LogP contribution in [-0.2, 0) is 6.54 Å². The van der Waals surface area contributed by atoms with Gasteiger partial charge >= 0.3 is 0 Å². The number of nitriles is 1. The molecule has 2 aromatic rings. The van der Waals surface area contributed by atoms with Gasteiger partial charge in [-0.3, -0.25) is 4.79 Å². The van der Waals surface area contributed by atoms with Crippen LogP contribution in [0.5, 0.6) is 0 Å². The van der Waals surface area contributed by atoms with Crippen molar-refractivity contribution in [2.75, 3.05) is 19.4 Å². The Kier molecular flexibility index (Phi) is 4.57. The van der Waals surface area contributed by atoms with Gasteiger partial charge in [-0.2, -0.15) is 5.26 Å². The average Bonchev–Trinajstić information content (AvgIpc) is 2.53. The second-order valence-electron chi connectivity index (χ2n) is 4.91. The third kappa shape index (κ3) is 3.61. The Morgan fingerprint density at radius 1 is 1.14 bits per heavy atom. The van der Waals surface area contributed by atoms with Gasteiger partial charge in [-0.25, -0.2) is 0 Å². The van der Waals surface area contributed by atoms with Gasteiger partial charge in [-0.1, -0.05) is 24.3 Å². The molecular weight excluding hydrogens is 262 g/mol. The van der Waals surface area contributed by atoms with Crippen molar-refractivity contribution < 1.29 is 4.79 Å².